The number of halogens is 3. The average Bonchev–Trinajstić information content (AvgIpc) is 2.74. The highest BCUT2D eigenvalue weighted by Gasteiger charge is 2.15. The van der Waals surface area contributed by atoms with Crippen LogP contribution in [0.5, 0.6) is 5.75 Å². The smallest absolute Gasteiger partial charge is 0.266 e. The molecule has 4 nitrogen and oxygen atoms in total. The first-order valence-corrected chi connectivity index (χ1v) is 10.7. The maximum Gasteiger partial charge on any atom is 0.266 e. The lowest BCUT2D eigenvalue weighted by Gasteiger charge is -2.13. The number of methoxy groups -OCH3 is 1. The Morgan fingerprint density at radius 2 is 1.94 bits per heavy atom. The Kier molecular flexibility index (Phi) is 7.75. The number of nitriles is 1. The van der Waals surface area contributed by atoms with Crippen molar-refractivity contribution in [2.75, 3.05) is 12.4 Å². The third-order valence-electron chi connectivity index (χ3n) is 4.48. The van der Waals surface area contributed by atoms with E-state index in [0.717, 1.165) is 15.6 Å². The molecule has 0 radical (unpaired) electrons. The number of hydrogen-bond acceptors (Lipinski definition) is 3. The Balaban J connectivity index is 1.90. The molecule has 3 rings (SSSR count). The molecule has 0 heterocycles. The molecule has 31 heavy (non-hydrogen) atoms. The van der Waals surface area contributed by atoms with Crippen LogP contribution in [0.2, 0.25) is 10.0 Å². The number of amides is 1. The van der Waals surface area contributed by atoms with Crippen LogP contribution in [0.25, 0.3) is 6.08 Å². The summed E-state index contributed by atoms with van der Waals surface area (Å²) in [6.07, 6.45) is 2.03. The molecule has 0 bridgehead atoms. The van der Waals surface area contributed by atoms with Gasteiger partial charge in [-0.1, -0.05) is 63.4 Å². The van der Waals surface area contributed by atoms with Crippen LogP contribution in [-0.4, -0.2) is 13.0 Å². The van der Waals surface area contributed by atoms with Crippen molar-refractivity contribution >= 4 is 56.8 Å². The van der Waals surface area contributed by atoms with E-state index in [1.54, 1.807) is 43.5 Å². The van der Waals surface area contributed by atoms with Crippen molar-refractivity contribution in [1.29, 1.82) is 5.26 Å². The fraction of sp³-hybridized carbons (Fsp3) is 0.0833. The van der Waals surface area contributed by atoms with E-state index in [1.807, 2.05) is 30.3 Å². The molecule has 156 valence electrons. The van der Waals surface area contributed by atoms with E-state index < -0.39 is 5.91 Å². The Hall–Kier alpha value is -2.78. The van der Waals surface area contributed by atoms with Crippen LogP contribution in [0, 0.1) is 11.3 Å². The minimum atomic E-state index is -0.544. The number of carbonyl (C=O) groups excluding carboxylic acids is 1. The second kappa shape index (κ2) is 10.5. The van der Waals surface area contributed by atoms with Gasteiger partial charge in [-0.25, -0.2) is 0 Å². The minimum Gasteiger partial charge on any atom is -0.496 e. The van der Waals surface area contributed by atoms with Crippen LogP contribution in [0.4, 0.5) is 5.69 Å². The van der Waals surface area contributed by atoms with Gasteiger partial charge in [-0.05, 0) is 53.6 Å². The summed E-state index contributed by atoms with van der Waals surface area (Å²) >= 11 is 16.0. The Bertz CT molecular complexity index is 1200. The summed E-state index contributed by atoms with van der Waals surface area (Å²) < 4.78 is 6.51. The highest BCUT2D eigenvalue weighted by atomic mass is 79.9. The molecular formula is C24H17BrCl2N2O2. The van der Waals surface area contributed by atoms with Crippen molar-refractivity contribution in [2.24, 2.45) is 0 Å². The van der Waals surface area contributed by atoms with Gasteiger partial charge in [0.2, 0.25) is 0 Å². The molecule has 0 saturated carbocycles. The molecule has 0 aromatic heterocycles. The van der Waals surface area contributed by atoms with E-state index in [-0.39, 0.29) is 5.57 Å². The van der Waals surface area contributed by atoms with Gasteiger partial charge in [0, 0.05) is 32.2 Å². The van der Waals surface area contributed by atoms with Crippen molar-refractivity contribution in [1.82, 2.24) is 0 Å². The zero-order chi connectivity index (χ0) is 22.4. The van der Waals surface area contributed by atoms with Crippen LogP contribution in [-0.2, 0) is 11.2 Å². The summed E-state index contributed by atoms with van der Waals surface area (Å²) in [4.78, 5) is 12.5. The molecule has 0 aliphatic carbocycles. The number of rotatable bonds is 6. The lowest BCUT2D eigenvalue weighted by atomic mass is 10.0. The van der Waals surface area contributed by atoms with Gasteiger partial charge in [0.1, 0.15) is 17.4 Å². The van der Waals surface area contributed by atoms with E-state index in [4.69, 9.17) is 27.9 Å². The fourth-order valence-corrected chi connectivity index (χ4v) is 3.88. The summed E-state index contributed by atoms with van der Waals surface area (Å²) in [7, 11) is 1.56. The fourth-order valence-electron chi connectivity index (χ4n) is 2.98. The second-order valence-corrected chi connectivity index (χ2v) is 8.28. The van der Waals surface area contributed by atoms with Crippen molar-refractivity contribution in [2.45, 2.75) is 6.42 Å². The molecule has 0 aliphatic heterocycles. The molecule has 3 aromatic rings. The third kappa shape index (κ3) is 5.89. The number of ether oxygens (including phenoxy) is 1. The average molecular weight is 516 g/mol. The number of carbonyl (C=O) groups is 1. The standard InChI is InChI=1S/C24H17BrCl2N2O2/c1-31-23-11-15(10-22(27)20(23)12-16-5-2-3-8-21(16)25)9-17(14-28)24(30)29-19-7-4-6-18(26)13-19/h2-11,13H,12H2,1H3,(H,29,30)/b17-9+. The number of anilines is 1. The first-order chi connectivity index (χ1) is 14.9. The summed E-state index contributed by atoms with van der Waals surface area (Å²) in [5.74, 6) is 0.0270. The van der Waals surface area contributed by atoms with E-state index in [9.17, 15) is 10.1 Å². The second-order valence-electron chi connectivity index (χ2n) is 6.59. The summed E-state index contributed by atoms with van der Waals surface area (Å²) in [6, 6.07) is 20.0. The first kappa shape index (κ1) is 22.9. The monoisotopic (exact) mass is 514 g/mol. The molecule has 1 amide bonds. The number of nitrogens with zero attached hydrogens (tertiary/aromatic N) is 1. The number of hydrogen-bond donors (Lipinski definition) is 1. The molecule has 0 atom stereocenters. The van der Waals surface area contributed by atoms with Crippen molar-refractivity contribution in [3.05, 3.63) is 97.4 Å². The molecular weight excluding hydrogens is 499 g/mol. The van der Waals surface area contributed by atoms with E-state index >= 15 is 0 Å². The van der Waals surface area contributed by atoms with Crippen molar-refractivity contribution in [3.63, 3.8) is 0 Å². The van der Waals surface area contributed by atoms with Crippen LogP contribution >= 0.6 is 39.1 Å². The molecule has 0 fully saturated rings. The number of nitrogens with one attached hydrogen (secondary N) is 1. The molecule has 3 aromatic carbocycles. The Morgan fingerprint density at radius 3 is 2.61 bits per heavy atom. The van der Waals surface area contributed by atoms with Gasteiger partial charge in [-0.3, -0.25) is 4.79 Å². The highest BCUT2D eigenvalue weighted by molar-refractivity contribution is 9.10. The lowest BCUT2D eigenvalue weighted by molar-refractivity contribution is -0.112. The van der Waals surface area contributed by atoms with Gasteiger partial charge >= 0.3 is 0 Å². The van der Waals surface area contributed by atoms with Crippen molar-refractivity contribution < 1.29 is 9.53 Å². The molecule has 1 N–H and O–H groups in total. The maximum absolute atomic E-state index is 12.5. The van der Waals surface area contributed by atoms with Gasteiger partial charge in [-0.15, -0.1) is 0 Å². The molecule has 0 spiro atoms. The number of benzene rings is 3. The van der Waals surface area contributed by atoms with Crippen LogP contribution in [0.1, 0.15) is 16.7 Å². The van der Waals surface area contributed by atoms with Gasteiger partial charge in [0.25, 0.3) is 5.91 Å². The summed E-state index contributed by atoms with van der Waals surface area (Å²) in [6.45, 7) is 0. The topological polar surface area (TPSA) is 62.1 Å². The van der Waals surface area contributed by atoms with Crippen molar-refractivity contribution in [3.8, 4) is 11.8 Å². The van der Waals surface area contributed by atoms with Gasteiger partial charge in [0.15, 0.2) is 0 Å². The molecule has 7 heteroatoms. The van der Waals surface area contributed by atoms with Crippen LogP contribution < -0.4 is 10.1 Å². The van der Waals surface area contributed by atoms with E-state index in [2.05, 4.69) is 21.2 Å². The zero-order valence-electron chi connectivity index (χ0n) is 16.5. The predicted molar refractivity (Wildman–Crippen MR) is 129 cm³/mol. The summed E-state index contributed by atoms with van der Waals surface area (Å²) in [5, 5.41) is 13.1. The first-order valence-electron chi connectivity index (χ1n) is 9.19. The minimum absolute atomic E-state index is 0.0725. The third-order valence-corrected chi connectivity index (χ3v) is 5.83. The van der Waals surface area contributed by atoms with Gasteiger partial charge in [-0.2, -0.15) is 5.26 Å². The lowest BCUT2D eigenvalue weighted by Crippen LogP contribution is -2.13. The maximum atomic E-state index is 12.5. The predicted octanol–water partition coefficient (Wildman–Crippen LogP) is 6.90. The van der Waals surface area contributed by atoms with E-state index in [0.29, 0.717) is 33.5 Å². The van der Waals surface area contributed by atoms with Gasteiger partial charge in [0.05, 0.1) is 7.11 Å². The zero-order valence-corrected chi connectivity index (χ0v) is 19.6. The van der Waals surface area contributed by atoms with Crippen LogP contribution in [0.3, 0.4) is 0 Å². The molecule has 0 saturated heterocycles. The van der Waals surface area contributed by atoms with Gasteiger partial charge < -0.3 is 10.1 Å². The van der Waals surface area contributed by atoms with E-state index in [1.165, 1.54) is 6.08 Å². The SMILES string of the molecule is COc1cc(/C=C(\C#N)C(=O)Nc2cccc(Cl)c2)cc(Cl)c1Cc1ccccc1Br. The van der Waals surface area contributed by atoms with Crippen LogP contribution in [0.15, 0.2) is 70.7 Å². The molecule has 0 aliphatic rings. The summed E-state index contributed by atoms with van der Waals surface area (Å²) in [5.41, 5.74) is 2.88. The normalized spacial score (nSPS) is 11.0. The molecule has 0 unspecified atom stereocenters. The Labute approximate surface area is 199 Å². The highest BCUT2D eigenvalue weighted by Crippen LogP contribution is 2.33. The quantitative estimate of drug-likeness (QED) is 0.287. The Morgan fingerprint density at radius 1 is 1.16 bits per heavy atom. The largest absolute Gasteiger partial charge is 0.496 e.